The van der Waals surface area contributed by atoms with Crippen LogP contribution in [-0.2, 0) is 24.1 Å². The number of nitrogens with one attached hydrogen (secondary N) is 2. The molecular weight excluding hydrogens is 370 g/mol. The van der Waals surface area contributed by atoms with Gasteiger partial charge < -0.3 is 10.6 Å². The standard InChI is InChI=1S/C20H25N3O.C6H6.2H2/c1-15(24)10-17-5-2-4-16(11-17)7-9-21-13-18-12-20-19(23-14-18)6-3-8-22-20;1-2-4-6-5-3-1;;/h2-6,8,11,18,21,23H,7,9-10,12-14H2,1H3;1-6H;2*1H. The van der Waals surface area contributed by atoms with Crippen LogP contribution in [0.2, 0.25) is 0 Å². The summed E-state index contributed by atoms with van der Waals surface area (Å²) >= 11 is 0. The van der Waals surface area contributed by atoms with E-state index in [1.807, 2.05) is 60.8 Å². The monoisotopic (exact) mass is 405 g/mol. The first-order valence-corrected chi connectivity index (χ1v) is 10.7. The van der Waals surface area contributed by atoms with Crippen LogP contribution in [0.15, 0.2) is 79.0 Å². The molecule has 30 heavy (non-hydrogen) atoms. The molecule has 1 aliphatic heterocycles. The Balaban J connectivity index is 0.000000557. The second kappa shape index (κ2) is 11.9. The number of pyridine rings is 1. The van der Waals surface area contributed by atoms with Crippen LogP contribution in [0, 0.1) is 5.92 Å². The van der Waals surface area contributed by atoms with Crippen molar-refractivity contribution in [3.05, 3.63) is 95.8 Å². The molecule has 0 amide bonds. The van der Waals surface area contributed by atoms with Crippen LogP contribution in [0.1, 0.15) is 26.6 Å². The fraction of sp³-hybridized carbons (Fsp3) is 0.308. The van der Waals surface area contributed by atoms with Crippen molar-refractivity contribution >= 4 is 11.5 Å². The van der Waals surface area contributed by atoms with Gasteiger partial charge in [-0.25, -0.2) is 0 Å². The normalized spacial score (nSPS) is 14.6. The van der Waals surface area contributed by atoms with Gasteiger partial charge in [-0.15, -0.1) is 0 Å². The predicted octanol–water partition coefficient (Wildman–Crippen LogP) is 4.81. The van der Waals surface area contributed by atoms with E-state index < -0.39 is 0 Å². The minimum atomic E-state index is 0. The lowest BCUT2D eigenvalue weighted by Gasteiger charge is -2.25. The third kappa shape index (κ3) is 7.45. The Kier molecular flexibility index (Phi) is 8.61. The van der Waals surface area contributed by atoms with Gasteiger partial charge in [0.1, 0.15) is 5.78 Å². The average Bonchev–Trinajstić information content (AvgIpc) is 2.78. The molecule has 3 aromatic rings. The number of fused-ring (bicyclic) bond motifs is 1. The Morgan fingerprint density at radius 1 is 1.07 bits per heavy atom. The summed E-state index contributed by atoms with van der Waals surface area (Å²) in [6.07, 6.45) is 4.41. The number of ketones is 1. The van der Waals surface area contributed by atoms with Gasteiger partial charge >= 0.3 is 0 Å². The predicted molar refractivity (Wildman–Crippen MR) is 128 cm³/mol. The average molecular weight is 406 g/mol. The molecule has 2 N–H and O–H groups in total. The van der Waals surface area contributed by atoms with Crippen LogP contribution < -0.4 is 10.6 Å². The number of carbonyl (C=O) groups excluding carboxylic acids is 1. The molecule has 4 nitrogen and oxygen atoms in total. The summed E-state index contributed by atoms with van der Waals surface area (Å²) in [5.41, 5.74) is 4.75. The lowest BCUT2D eigenvalue weighted by atomic mass is 9.97. The van der Waals surface area contributed by atoms with Crippen LogP contribution in [0.4, 0.5) is 5.69 Å². The Hall–Kier alpha value is -2.98. The summed E-state index contributed by atoms with van der Waals surface area (Å²) < 4.78 is 0. The molecule has 0 radical (unpaired) electrons. The van der Waals surface area contributed by atoms with Crippen molar-refractivity contribution in [3.63, 3.8) is 0 Å². The zero-order chi connectivity index (χ0) is 21.0. The Bertz CT molecular complexity index is 895. The zero-order valence-corrected chi connectivity index (χ0v) is 17.7. The molecule has 2 aromatic carbocycles. The smallest absolute Gasteiger partial charge is 0.134 e. The maximum Gasteiger partial charge on any atom is 0.134 e. The first-order valence-electron chi connectivity index (χ1n) is 10.7. The quantitative estimate of drug-likeness (QED) is 0.554. The van der Waals surface area contributed by atoms with E-state index >= 15 is 0 Å². The van der Waals surface area contributed by atoms with Gasteiger partial charge in [0.25, 0.3) is 0 Å². The van der Waals surface area contributed by atoms with Gasteiger partial charge in [0.05, 0.1) is 11.4 Å². The maximum atomic E-state index is 11.2. The van der Waals surface area contributed by atoms with Crippen molar-refractivity contribution in [3.8, 4) is 0 Å². The summed E-state index contributed by atoms with van der Waals surface area (Å²) in [7, 11) is 0. The summed E-state index contributed by atoms with van der Waals surface area (Å²) in [5.74, 6) is 0.792. The topological polar surface area (TPSA) is 54.0 Å². The first kappa shape index (κ1) is 21.7. The first-order chi connectivity index (χ1) is 14.7. The van der Waals surface area contributed by atoms with Gasteiger partial charge in [-0.2, -0.15) is 0 Å². The minimum Gasteiger partial charge on any atom is -0.383 e. The highest BCUT2D eigenvalue weighted by atomic mass is 16.1. The van der Waals surface area contributed by atoms with Crippen LogP contribution in [0.3, 0.4) is 0 Å². The SMILES string of the molecule is CC(=O)Cc1cccc(CCNCC2CNc3cccnc3C2)c1.[HH].[HH].c1ccccc1. The Labute approximate surface area is 182 Å². The van der Waals surface area contributed by atoms with Crippen molar-refractivity contribution in [1.29, 1.82) is 0 Å². The molecule has 0 aliphatic carbocycles. The van der Waals surface area contributed by atoms with Crippen LogP contribution in [0.5, 0.6) is 0 Å². The van der Waals surface area contributed by atoms with Crippen molar-refractivity contribution in [2.45, 2.75) is 26.2 Å². The van der Waals surface area contributed by atoms with Crippen LogP contribution in [-0.4, -0.2) is 30.4 Å². The molecule has 4 rings (SSSR count). The maximum absolute atomic E-state index is 11.2. The van der Waals surface area contributed by atoms with E-state index in [1.54, 1.807) is 6.92 Å². The van der Waals surface area contributed by atoms with Gasteiger partial charge in [0, 0.05) is 28.6 Å². The molecule has 2 heterocycles. The highest BCUT2D eigenvalue weighted by Gasteiger charge is 2.18. The van der Waals surface area contributed by atoms with Gasteiger partial charge in [0.15, 0.2) is 0 Å². The molecule has 0 fully saturated rings. The highest BCUT2D eigenvalue weighted by Crippen LogP contribution is 2.21. The van der Waals surface area contributed by atoms with E-state index in [-0.39, 0.29) is 8.64 Å². The molecule has 1 atom stereocenters. The van der Waals surface area contributed by atoms with E-state index in [2.05, 4.69) is 33.8 Å². The van der Waals surface area contributed by atoms with Gasteiger partial charge in [-0.1, -0.05) is 60.7 Å². The van der Waals surface area contributed by atoms with Crippen LogP contribution >= 0.6 is 0 Å². The number of benzene rings is 2. The molecule has 4 heteroatoms. The lowest BCUT2D eigenvalue weighted by Crippen LogP contribution is -2.33. The number of hydrogen-bond donors (Lipinski definition) is 2. The van der Waals surface area contributed by atoms with Gasteiger partial charge in [0.2, 0.25) is 0 Å². The van der Waals surface area contributed by atoms with Crippen molar-refractivity contribution in [1.82, 2.24) is 10.3 Å². The molecule has 1 unspecified atom stereocenters. The third-order valence-corrected chi connectivity index (χ3v) is 5.09. The molecule has 1 aliphatic rings. The molecular formula is C26H35N3O. The molecule has 0 spiro atoms. The Morgan fingerprint density at radius 2 is 1.80 bits per heavy atom. The number of nitrogens with zero attached hydrogens (tertiary/aromatic N) is 1. The van der Waals surface area contributed by atoms with Crippen molar-refractivity contribution in [2.24, 2.45) is 5.92 Å². The third-order valence-electron chi connectivity index (χ3n) is 5.09. The zero-order valence-electron chi connectivity index (χ0n) is 17.7. The van der Waals surface area contributed by atoms with E-state index in [4.69, 9.17) is 0 Å². The van der Waals surface area contributed by atoms with E-state index in [9.17, 15) is 4.79 Å². The fourth-order valence-electron chi connectivity index (χ4n) is 3.61. The van der Waals surface area contributed by atoms with E-state index in [0.717, 1.165) is 38.0 Å². The van der Waals surface area contributed by atoms with Crippen molar-refractivity contribution in [2.75, 3.05) is 25.0 Å². The largest absolute Gasteiger partial charge is 0.383 e. The van der Waals surface area contributed by atoms with Gasteiger partial charge in [-0.3, -0.25) is 9.78 Å². The summed E-state index contributed by atoms with van der Waals surface area (Å²) in [4.78, 5) is 15.7. The number of rotatable bonds is 7. The molecule has 0 saturated heterocycles. The summed E-state index contributed by atoms with van der Waals surface area (Å²) in [6.45, 7) is 4.59. The molecule has 0 bridgehead atoms. The number of hydrogen-bond acceptors (Lipinski definition) is 4. The lowest BCUT2D eigenvalue weighted by molar-refractivity contribution is -0.116. The second-order valence-electron chi connectivity index (χ2n) is 7.76. The van der Waals surface area contributed by atoms with Crippen LogP contribution in [0.25, 0.3) is 0 Å². The van der Waals surface area contributed by atoms with Crippen molar-refractivity contribution < 1.29 is 7.65 Å². The minimum absolute atomic E-state index is 0. The number of Topliss-reactive ketones (excluding diaryl/α,β-unsaturated/α-hetero) is 1. The van der Waals surface area contributed by atoms with E-state index in [1.165, 1.54) is 16.9 Å². The fourth-order valence-corrected chi connectivity index (χ4v) is 3.61. The Morgan fingerprint density at radius 3 is 2.53 bits per heavy atom. The molecule has 1 aromatic heterocycles. The number of aromatic nitrogens is 1. The molecule has 0 saturated carbocycles. The summed E-state index contributed by atoms with van der Waals surface area (Å²) in [6, 6.07) is 24.4. The summed E-state index contributed by atoms with van der Waals surface area (Å²) in [5, 5.41) is 7.02. The molecule has 160 valence electrons. The number of carbonyl (C=O) groups is 1. The second-order valence-corrected chi connectivity index (χ2v) is 7.76. The van der Waals surface area contributed by atoms with E-state index in [0.29, 0.717) is 12.3 Å². The number of anilines is 1. The van der Waals surface area contributed by atoms with Gasteiger partial charge in [-0.05, 0) is 55.5 Å². The highest BCUT2D eigenvalue weighted by molar-refractivity contribution is 5.78.